The normalized spacial score (nSPS) is 14.9. The summed E-state index contributed by atoms with van der Waals surface area (Å²) in [6, 6.07) is 18.6. The summed E-state index contributed by atoms with van der Waals surface area (Å²) >= 11 is 0. The molecule has 0 radical (unpaired) electrons. The Morgan fingerprint density at radius 2 is 0.975 bits per heavy atom. The Hall–Kier alpha value is -3.18. The lowest BCUT2D eigenvalue weighted by Crippen LogP contribution is -2.53. The van der Waals surface area contributed by atoms with E-state index in [1.54, 1.807) is 41.5 Å². The van der Waals surface area contributed by atoms with Crippen LogP contribution in [0.4, 0.5) is 9.59 Å². The van der Waals surface area contributed by atoms with Crippen molar-refractivity contribution in [2.75, 3.05) is 13.1 Å². The fourth-order valence-corrected chi connectivity index (χ4v) is 3.55. The zero-order chi connectivity index (χ0) is 29.8. The molecular formula is C30H44N2O8. The number of hydrogen-bond donors (Lipinski definition) is 4. The summed E-state index contributed by atoms with van der Waals surface area (Å²) in [5.74, 6) is 0. The standard InChI is InChI=1S/C30H44N2O8/c1-29(2,3)39-27(35)31-17-23(37-19-21-13-9-7-10-14-21)25(33)26(34)24(18-32-28(36)40-30(4,5)6)38-20-22-15-11-8-12-16-22/h7-16,23-26,33-34H,17-20H2,1-6H3,(H,31,35)(H,32,36)/t23-,24-,25-,26-/m1/s1. The third-order valence-electron chi connectivity index (χ3n) is 5.42. The fraction of sp³-hybridized carbons (Fsp3) is 0.533. The van der Waals surface area contributed by atoms with Crippen LogP contribution in [-0.4, -0.2) is 71.1 Å². The maximum Gasteiger partial charge on any atom is 0.407 e. The fourth-order valence-electron chi connectivity index (χ4n) is 3.55. The number of amides is 2. The minimum absolute atomic E-state index is 0.122. The molecule has 0 heterocycles. The lowest BCUT2D eigenvalue weighted by Gasteiger charge is -2.32. The lowest BCUT2D eigenvalue weighted by atomic mass is 10.0. The Kier molecular flexibility index (Phi) is 12.9. The largest absolute Gasteiger partial charge is 0.444 e. The first-order chi connectivity index (χ1) is 18.7. The third kappa shape index (κ3) is 13.3. The van der Waals surface area contributed by atoms with Gasteiger partial charge in [-0.15, -0.1) is 0 Å². The van der Waals surface area contributed by atoms with E-state index in [9.17, 15) is 19.8 Å². The molecule has 0 aliphatic heterocycles. The zero-order valence-electron chi connectivity index (χ0n) is 24.3. The molecule has 0 unspecified atom stereocenters. The zero-order valence-corrected chi connectivity index (χ0v) is 24.3. The predicted octanol–water partition coefficient (Wildman–Crippen LogP) is 3.93. The maximum absolute atomic E-state index is 12.3. The molecule has 222 valence electrons. The summed E-state index contributed by atoms with van der Waals surface area (Å²) in [6.45, 7) is 10.4. The van der Waals surface area contributed by atoms with E-state index in [1.807, 2.05) is 60.7 Å². The van der Waals surface area contributed by atoms with E-state index in [2.05, 4.69) is 10.6 Å². The topological polar surface area (TPSA) is 136 Å². The molecule has 4 N–H and O–H groups in total. The van der Waals surface area contributed by atoms with Crippen molar-refractivity contribution >= 4 is 12.2 Å². The molecule has 0 aliphatic rings. The van der Waals surface area contributed by atoms with Crippen molar-refractivity contribution in [2.45, 2.75) is 90.4 Å². The van der Waals surface area contributed by atoms with Crippen molar-refractivity contribution in [1.82, 2.24) is 10.6 Å². The lowest BCUT2D eigenvalue weighted by molar-refractivity contribution is -0.141. The van der Waals surface area contributed by atoms with Gasteiger partial charge in [-0.1, -0.05) is 60.7 Å². The highest BCUT2D eigenvalue weighted by atomic mass is 16.6. The summed E-state index contributed by atoms with van der Waals surface area (Å²) in [4.78, 5) is 24.6. The molecule has 0 bridgehead atoms. The van der Waals surface area contributed by atoms with Gasteiger partial charge in [0.2, 0.25) is 0 Å². The van der Waals surface area contributed by atoms with Gasteiger partial charge in [0.1, 0.15) is 35.6 Å². The second-order valence-corrected chi connectivity index (χ2v) is 11.4. The third-order valence-corrected chi connectivity index (χ3v) is 5.42. The Balaban J connectivity index is 2.17. The summed E-state index contributed by atoms with van der Waals surface area (Å²) in [7, 11) is 0. The predicted molar refractivity (Wildman–Crippen MR) is 151 cm³/mol. The Morgan fingerprint density at radius 3 is 1.27 bits per heavy atom. The van der Waals surface area contributed by atoms with Gasteiger partial charge >= 0.3 is 12.2 Å². The molecule has 10 nitrogen and oxygen atoms in total. The summed E-state index contributed by atoms with van der Waals surface area (Å²) in [5, 5.41) is 27.7. The van der Waals surface area contributed by atoms with Crippen molar-refractivity contribution in [3.8, 4) is 0 Å². The Labute approximate surface area is 237 Å². The van der Waals surface area contributed by atoms with Gasteiger partial charge in [0.25, 0.3) is 0 Å². The van der Waals surface area contributed by atoms with E-state index < -0.39 is 47.8 Å². The van der Waals surface area contributed by atoms with Crippen LogP contribution in [0.2, 0.25) is 0 Å². The van der Waals surface area contributed by atoms with Crippen LogP contribution >= 0.6 is 0 Å². The van der Waals surface area contributed by atoms with Crippen LogP contribution in [-0.2, 0) is 32.2 Å². The van der Waals surface area contributed by atoms with Crippen molar-refractivity contribution in [3.63, 3.8) is 0 Å². The Bertz CT molecular complexity index is 938. The average Bonchev–Trinajstić information content (AvgIpc) is 2.87. The van der Waals surface area contributed by atoms with E-state index in [0.717, 1.165) is 11.1 Å². The second kappa shape index (κ2) is 15.6. The molecule has 2 amide bonds. The van der Waals surface area contributed by atoms with E-state index >= 15 is 0 Å². The number of hydrogen-bond acceptors (Lipinski definition) is 8. The molecule has 2 aromatic rings. The molecule has 0 fully saturated rings. The highest BCUT2D eigenvalue weighted by molar-refractivity contribution is 5.68. The highest BCUT2D eigenvalue weighted by Gasteiger charge is 2.35. The molecule has 0 saturated carbocycles. The van der Waals surface area contributed by atoms with E-state index in [0.29, 0.717) is 0 Å². The van der Waals surface area contributed by atoms with Crippen molar-refractivity contribution < 1.29 is 38.7 Å². The van der Waals surface area contributed by atoms with Crippen molar-refractivity contribution in [2.24, 2.45) is 0 Å². The van der Waals surface area contributed by atoms with E-state index in [4.69, 9.17) is 18.9 Å². The minimum atomic E-state index is -1.50. The molecule has 4 atom stereocenters. The van der Waals surface area contributed by atoms with Crippen LogP contribution in [0, 0.1) is 0 Å². The first-order valence-corrected chi connectivity index (χ1v) is 13.3. The maximum atomic E-state index is 12.3. The molecule has 0 spiro atoms. The second-order valence-electron chi connectivity index (χ2n) is 11.4. The average molecular weight is 561 g/mol. The quantitative estimate of drug-likeness (QED) is 0.289. The highest BCUT2D eigenvalue weighted by Crippen LogP contribution is 2.16. The van der Waals surface area contributed by atoms with Gasteiger partial charge in [0, 0.05) is 13.1 Å². The molecular weight excluding hydrogens is 516 g/mol. The van der Waals surface area contributed by atoms with Crippen LogP contribution in [0.3, 0.4) is 0 Å². The number of carbonyl (C=O) groups excluding carboxylic acids is 2. The SMILES string of the molecule is CC(C)(C)OC(=O)NC[C@@H](OCc1ccccc1)[C@@H](O)[C@H](O)[C@@H](CNC(=O)OC(C)(C)C)OCc1ccccc1. The van der Waals surface area contributed by atoms with Gasteiger partial charge in [-0.25, -0.2) is 9.59 Å². The molecule has 40 heavy (non-hydrogen) atoms. The molecule has 2 rings (SSSR count). The van der Waals surface area contributed by atoms with Crippen LogP contribution < -0.4 is 10.6 Å². The number of benzene rings is 2. The smallest absolute Gasteiger partial charge is 0.407 e. The Morgan fingerprint density at radius 1 is 0.650 bits per heavy atom. The number of carbonyl (C=O) groups is 2. The van der Waals surface area contributed by atoms with Crippen LogP contribution in [0.5, 0.6) is 0 Å². The molecule has 0 saturated heterocycles. The minimum Gasteiger partial charge on any atom is -0.444 e. The van der Waals surface area contributed by atoms with Crippen molar-refractivity contribution in [3.05, 3.63) is 71.8 Å². The summed E-state index contributed by atoms with van der Waals surface area (Å²) in [5.41, 5.74) is 0.253. The number of aliphatic hydroxyl groups excluding tert-OH is 2. The molecule has 0 aromatic heterocycles. The monoisotopic (exact) mass is 560 g/mol. The number of alkyl carbamates (subject to hydrolysis) is 2. The number of nitrogens with one attached hydrogen (secondary N) is 2. The van der Waals surface area contributed by atoms with Gasteiger partial charge in [-0.2, -0.15) is 0 Å². The number of aliphatic hydroxyl groups is 2. The summed E-state index contributed by atoms with van der Waals surface area (Å²) in [6.07, 6.45) is -6.45. The van der Waals surface area contributed by atoms with Crippen LogP contribution in [0.25, 0.3) is 0 Å². The molecule has 10 heteroatoms. The van der Waals surface area contributed by atoms with Crippen LogP contribution in [0.15, 0.2) is 60.7 Å². The van der Waals surface area contributed by atoms with Gasteiger partial charge in [-0.05, 0) is 52.7 Å². The van der Waals surface area contributed by atoms with Crippen LogP contribution in [0.1, 0.15) is 52.7 Å². The van der Waals surface area contributed by atoms with E-state index in [1.165, 1.54) is 0 Å². The molecule has 2 aromatic carbocycles. The number of rotatable bonds is 13. The van der Waals surface area contributed by atoms with Crippen molar-refractivity contribution in [1.29, 1.82) is 0 Å². The van der Waals surface area contributed by atoms with Gasteiger partial charge < -0.3 is 39.8 Å². The van der Waals surface area contributed by atoms with E-state index in [-0.39, 0.29) is 26.3 Å². The van der Waals surface area contributed by atoms with Gasteiger partial charge in [0.15, 0.2) is 0 Å². The van der Waals surface area contributed by atoms with Gasteiger partial charge in [-0.3, -0.25) is 0 Å². The number of ether oxygens (including phenoxy) is 4. The first kappa shape index (κ1) is 33.0. The summed E-state index contributed by atoms with van der Waals surface area (Å²) < 4.78 is 22.5. The van der Waals surface area contributed by atoms with Gasteiger partial charge in [0.05, 0.1) is 13.2 Å². The molecule has 0 aliphatic carbocycles. The first-order valence-electron chi connectivity index (χ1n) is 13.3.